The minimum Gasteiger partial charge on any atom is -0.870 e. The minimum atomic E-state index is -4.35. The number of nitrogens with zero attached hydrogens (tertiary/aromatic N) is 1. The van der Waals surface area contributed by atoms with Gasteiger partial charge in [0.15, 0.2) is 23.9 Å². The summed E-state index contributed by atoms with van der Waals surface area (Å²) in [5.41, 5.74) is 1.48. The van der Waals surface area contributed by atoms with Crippen LogP contribution in [0.3, 0.4) is 0 Å². The first-order valence-corrected chi connectivity index (χ1v) is 18.7. The number of fused-ring (bicyclic) bond motifs is 3. The fourth-order valence-electron chi connectivity index (χ4n) is 6.51. The molecule has 0 spiro atoms. The molecule has 3 fully saturated rings. The Balaban J connectivity index is 0.00000523. The summed E-state index contributed by atoms with van der Waals surface area (Å²) in [6.07, 6.45) is 3.84. The number of halogens is 2. The molecule has 1 aromatic heterocycles. The maximum Gasteiger partial charge on any atom is 0.338 e. The van der Waals surface area contributed by atoms with Crippen LogP contribution in [0.1, 0.15) is 52.0 Å². The number of pyridine rings is 1. The smallest absolute Gasteiger partial charge is 0.338 e. The molecule has 1 unspecified atom stereocenters. The van der Waals surface area contributed by atoms with Crippen LogP contribution < -0.4 is 19.2 Å². The van der Waals surface area contributed by atoms with E-state index < -0.39 is 34.1 Å². The zero-order chi connectivity index (χ0) is 36.1. The van der Waals surface area contributed by atoms with Crippen molar-refractivity contribution < 1.29 is 47.4 Å². The van der Waals surface area contributed by atoms with Crippen molar-refractivity contribution in [2.75, 3.05) is 33.9 Å². The molecule has 3 saturated heterocycles. The third-order valence-electron chi connectivity index (χ3n) is 9.30. The molecule has 4 aromatic rings. The maximum absolute atomic E-state index is 13.9. The molecule has 2 bridgehead atoms. The Bertz CT molecular complexity index is 1970. The Morgan fingerprint density at radius 3 is 2.23 bits per heavy atom. The van der Waals surface area contributed by atoms with Crippen LogP contribution in [0.4, 0.5) is 0 Å². The number of carbonyl (C=O) groups is 2. The van der Waals surface area contributed by atoms with E-state index in [-0.39, 0.29) is 34.4 Å². The monoisotopic (exact) mass is 771 g/mol. The van der Waals surface area contributed by atoms with E-state index in [1.165, 1.54) is 38.5 Å². The van der Waals surface area contributed by atoms with Gasteiger partial charge in [0.2, 0.25) is 10.0 Å². The average Bonchev–Trinajstić information content (AvgIpc) is 3.15. The van der Waals surface area contributed by atoms with Gasteiger partial charge in [0, 0.05) is 18.5 Å². The number of ether oxygens (including phenoxy) is 4. The third-order valence-corrected chi connectivity index (χ3v) is 11.4. The third kappa shape index (κ3) is 8.85. The Morgan fingerprint density at radius 1 is 0.904 bits per heavy atom. The summed E-state index contributed by atoms with van der Waals surface area (Å²) < 4.78 is 53.1. The molecule has 0 aliphatic carbocycles. The first kappa shape index (κ1) is 39.0. The van der Waals surface area contributed by atoms with Crippen LogP contribution in [-0.4, -0.2) is 70.7 Å². The average molecular weight is 773 g/mol. The second kappa shape index (κ2) is 17.1. The van der Waals surface area contributed by atoms with Crippen LogP contribution in [-0.2, 0) is 30.7 Å². The molecule has 7 rings (SSSR count). The highest BCUT2D eigenvalue weighted by Crippen LogP contribution is 2.36. The van der Waals surface area contributed by atoms with E-state index in [4.69, 9.17) is 42.1 Å². The fraction of sp³-hybridized carbons (Fsp3) is 0.324. The van der Waals surface area contributed by atoms with Crippen LogP contribution in [0.25, 0.3) is 0 Å². The van der Waals surface area contributed by atoms with Gasteiger partial charge in [-0.05, 0) is 73.3 Å². The lowest BCUT2D eigenvalue weighted by Gasteiger charge is -2.44. The van der Waals surface area contributed by atoms with E-state index in [9.17, 15) is 18.0 Å². The molecule has 0 amide bonds. The number of esters is 2. The van der Waals surface area contributed by atoms with Crippen molar-refractivity contribution in [3.8, 4) is 11.5 Å². The lowest BCUT2D eigenvalue weighted by molar-refractivity contribution is -0.377. The Kier molecular flexibility index (Phi) is 12.8. The number of hydrogen-bond donors (Lipinski definition) is 1. The van der Waals surface area contributed by atoms with E-state index in [1.54, 1.807) is 60.9 Å². The largest absolute Gasteiger partial charge is 0.870 e. The van der Waals surface area contributed by atoms with E-state index in [1.807, 2.05) is 0 Å². The number of hydrogen-bond acceptors (Lipinski definition) is 10. The highest BCUT2D eigenvalue weighted by atomic mass is 35.5. The zero-order valence-electron chi connectivity index (χ0n) is 28.5. The number of benzene rings is 3. The number of aromatic nitrogens is 1. The topological polar surface area (TPSA) is 165 Å². The predicted molar refractivity (Wildman–Crippen MR) is 191 cm³/mol. The molecule has 3 aliphatic heterocycles. The lowest BCUT2D eigenvalue weighted by atomic mass is 9.86. The van der Waals surface area contributed by atoms with Gasteiger partial charge in [0.05, 0.1) is 24.7 Å². The second-order valence-corrected chi connectivity index (χ2v) is 15.0. The quantitative estimate of drug-likeness (QED) is 0.173. The minimum absolute atomic E-state index is 0. The second-order valence-electron chi connectivity index (χ2n) is 12.4. The normalized spacial score (nSPS) is 19.1. The predicted octanol–water partition coefficient (Wildman–Crippen LogP) is 5.45. The maximum atomic E-state index is 13.9. The van der Waals surface area contributed by atoms with Crippen molar-refractivity contribution in [2.24, 2.45) is 5.92 Å². The number of H-pyrrole nitrogens is 1. The molecule has 0 saturated carbocycles. The molecule has 15 heteroatoms. The Labute approximate surface area is 312 Å². The molecular formula is C37H39Cl2N3O9S. The van der Waals surface area contributed by atoms with Crippen molar-refractivity contribution >= 4 is 45.2 Å². The molecule has 4 heterocycles. The molecular weight excluding hydrogens is 733 g/mol. The molecule has 3 atom stereocenters. The van der Waals surface area contributed by atoms with Gasteiger partial charge in [0.1, 0.15) is 28.3 Å². The number of sulfonamides is 1. The number of nitrogens with one attached hydrogen (secondary N) is 2. The van der Waals surface area contributed by atoms with Gasteiger partial charge in [-0.15, -0.1) is 0 Å². The highest BCUT2D eigenvalue weighted by Gasteiger charge is 2.39. The zero-order valence-corrected chi connectivity index (χ0v) is 30.8. The molecule has 3 N–H and O–H groups in total. The number of rotatable bonds is 13. The standard InChI is InChI=1S/C37H37Cl2N3O8S.H2O/c1-47-31-12-11-25(18-33(31)48-2)32(19-28-29(38)20-40-21-30(28)39)49-36(43)26-9-6-10-27(17-26)51(45,46)41-35(24-7-4-3-5-8-24)37(44)50-34-22-42-15-13-23(34)14-16-42;/h3-12,17-18,20-21,23,32,34-35,41H,13-16,19,22H2,1-2H3;1H2/t32-,34-,35?;/m0./s1. The fourth-order valence-corrected chi connectivity index (χ4v) is 8.26. The highest BCUT2D eigenvalue weighted by molar-refractivity contribution is 7.89. The molecule has 3 aromatic carbocycles. The van der Waals surface area contributed by atoms with Gasteiger partial charge in [-0.3, -0.25) is 4.90 Å². The molecule has 0 radical (unpaired) electrons. The summed E-state index contributed by atoms with van der Waals surface area (Å²) in [6.45, 7) is 2.56. The van der Waals surface area contributed by atoms with Crippen LogP contribution in [0.5, 0.6) is 11.5 Å². The first-order valence-electron chi connectivity index (χ1n) is 16.4. The van der Waals surface area contributed by atoms with Crippen LogP contribution >= 0.6 is 23.2 Å². The van der Waals surface area contributed by atoms with E-state index in [0.717, 1.165) is 25.9 Å². The van der Waals surface area contributed by atoms with Crippen molar-refractivity contribution in [1.29, 1.82) is 0 Å². The number of carbonyl (C=O) groups excluding carboxylic acids is 2. The van der Waals surface area contributed by atoms with E-state index in [0.29, 0.717) is 44.8 Å². The van der Waals surface area contributed by atoms with Crippen molar-refractivity contribution in [3.63, 3.8) is 0 Å². The van der Waals surface area contributed by atoms with Crippen molar-refractivity contribution in [2.45, 2.75) is 42.4 Å². The van der Waals surface area contributed by atoms with Gasteiger partial charge >= 0.3 is 11.9 Å². The lowest BCUT2D eigenvalue weighted by Crippen LogP contribution is -2.52. The van der Waals surface area contributed by atoms with Crippen molar-refractivity contribution in [1.82, 2.24) is 9.62 Å². The van der Waals surface area contributed by atoms with Gasteiger partial charge < -0.3 is 24.4 Å². The molecule has 52 heavy (non-hydrogen) atoms. The molecule has 3 aliphatic rings. The van der Waals surface area contributed by atoms with Gasteiger partial charge in [0.25, 0.3) is 0 Å². The van der Waals surface area contributed by atoms with Crippen molar-refractivity contribution in [3.05, 3.63) is 117 Å². The SMILES string of the molecule is COc1ccc([C@H](Cc2c(Cl)c[nH+]cc2Cl)OC(=O)c2cccc(S(=O)(=O)NC(C(=O)O[C@H]3CN4CCC3CC4)c3ccccc3)c2)cc1OC.[OH-]. The Morgan fingerprint density at radius 2 is 1.60 bits per heavy atom. The van der Waals surface area contributed by atoms with E-state index >= 15 is 0 Å². The number of methoxy groups -OCH3 is 2. The molecule has 12 nitrogen and oxygen atoms in total. The summed E-state index contributed by atoms with van der Waals surface area (Å²) in [5, 5.41) is 0.673. The van der Waals surface area contributed by atoms with Gasteiger partial charge in [-0.25, -0.2) is 23.0 Å². The number of piperidine rings is 3. The van der Waals surface area contributed by atoms with Crippen LogP contribution in [0.15, 0.2) is 90.1 Å². The van der Waals surface area contributed by atoms with Gasteiger partial charge in [-0.2, -0.15) is 4.72 Å². The van der Waals surface area contributed by atoms with Gasteiger partial charge in [-0.1, -0.05) is 65.7 Å². The van der Waals surface area contributed by atoms with E-state index in [2.05, 4.69) is 14.6 Å². The molecule has 276 valence electrons. The first-order chi connectivity index (χ1) is 24.6. The van der Waals surface area contributed by atoms with Crippen LogP contribution in [0.2, 0.25) is 10.0 Å². The summed E-state index contributed by atoms with van der Waals surface area (Å²) in [4.78, 5) is 32.2. The van der Waals surface area contributed by atoms with Crippen LogP contribution in [0, 0.1) is 5.92 Å². The summed E-state index contributed by atoms with van der Waals surface area (Å²) >= 11 is 12.9. The number of aromatic amines is 1. The summed E-state index contributed by atoms with van der Waals surface area (Å²) in [6, 6.07) is 17.7. The summed E-state index contributed by atoms with van der Waals surface area (Å²) in [5.74, 6) is -0.363. The summed E-state index contributed by atoms with van der Waals surface area (Å²) in [7, 11) is -1.36. The Hall–Kier alpha value is -4.24.